The van der Waals surface area contributed by atoms with Crippen LogP contribution >= 0.6 is 0 Å². The van der Waals surface area contributed by atoms with Crippen LogP contribution in [-0.2, 0) is 9.47 Å². The van der Waals surface area contributed by atoms with Crippen molar-refractivity contribution in [3.05, 3.63) is 6.42 Å². The van der Waals surface area contributed by atoms with Gasteiger partial charge < -0.3 is 19.7 Å². The third kappa shape index (κ3) is 36.0. The Balaban J connectivity index is 3.26. The van der Waals surface area contributed by atoms with E-state index in [9.17, 15) is 10.2 Å². The molecule has 2 atom stereocenters. The van der Waals surface area contributed by atoms with Crippen molar-refractivity contribution in [1.29, 1.82) is 0 Å². The maximum absolute atomic E-state index is 10.1. The number of unbranched alkanes of at least 4 members (excludes halogenated alkanes) is 23. The van der Waals surface area contributed by atoms with Crippen LogP contribution in [0, 0.1) is 12.3 Å². The quantitative estimate of drug-likeness (QED) is 0.0705. The van der Waals surface area contributed by atoms with E-state index in [2.05, 4.69) is 20.8 Å². The minimum atomic E-state index is -0.615. The van der Waals surface area contributed by atoms with E-state index >= 15 is 0 Å². The topological polar surface area (TPSA) is 58.9 Å². The summed E-state index contributed by atoms with van der Waals surface area (Å²) in [6, 6.07) is 0. The first-order valence-corrected chi connectivity index (χ1v) is 18.9. The fraction of sp³-hybridized carbons (Fsp3) is 0.974. The van der Waals surface area contributed by atoms with Gasteiger partial charge in [-0.25, -0.2) is 0 Å². The Labute approximate surface area is 264 Å². The van der Waals surface area contributed by atoms with Crippen LogP contribution in [0.5, 0.6) is 0 Å². The van der Waals surface area contributed by atoms with E-state index in [4.69, 9.17) is 9.47 Å². The van der Waals surface area contributed by atoms with Crippen LogP contribution in [0.15, 0.2) is 0 Å². The summed E-state index contributed by atoms with van der Waals surface area (Å²) in [5, 5.41) is 20.2. The Bertz CT molecular complexity index is 484. The number of ether oxygens (including phenoxy) is 2. The molecule has 0 rings (SSSR count). The molecular formula is C38H77O4. The van der Waals surface area contributed by atoms with Crippen molar-refractivity contribution in [3.63, 3.8) is 0 Å². The lowest BCUT2D eigenvalue weighted by atomic mass is 10.0. The predicted molar refractivity (Wildman–Crippen MR) is 183 cm³/mol. The van der Waals surface area contributed by atoms with Crippen LogP contribution < -0.4 is 0 Å². The molecule has 0 bridgehead atoms. The summed E-state index contributed by atoms with van der Waals surface area (Å²) in [7, 11) is 0. The van der Waals surface area contributed by atoms with Gasteiger partial charge in [0.1, 0.15) is 0 Å². The molecular weight excluding hydrogens is 520 g/mol. The van der Waals surface area contributed by atoms with Gasteiger partial charge in [-0.1, -0.05) is 175 Å². The van der Waals surface area contributed by atoms with E-state index in [1.165, 1.54) is 154 Å². The number of aliphatic hydroxyl groups is 2. The Kier molecular flexibility index (Phi) is 35.2. The fourth-order valence-electron chi connectivity index (χ4n) is 5.62. The van der Waals surface area contributed by atoms with Gasteiger partial charge in [-0.05, 0) is 31.6 Å². The largest absolute Gasteiger partial charge is 0.391 e. The summed E-state index contributed by atoms with van der Waals surface area (Å²) >= 11 is 0. The lowest BCUT2D eigenvalue weighted by molar-refractivity contribution is 0.0216. The highest BCUT2D eigenvalue weighted by atomic mass is 16.5. The summed E-state index contributed by atoms with van der Waals surface area (Å²) in [4.78, 5) is 0. The lowest BCUT2D eigenvalue weighted by Crippen LogP contribution is -2.22. The van der Waals surface area contributed by atoms with Gasteiger partial charge in [0.05, 0.1) is 25.4 Å². The molecule has 0 aliphatic rings. The molecule has 2 unspecified atom stereocenters. The molecule has 0 aliphatic carbocycles. The third-order valence-electron chi connectivity index (χ3n) is 8.49. The van der Waals surface area contributed by atoms with E-state index < -0.39 is 12.2 Å². The smallest absolute Gasteiger partial charge is 0.0806 e. The normalized spacial score (nSPS) is 13.3. The molecule has 0 saturated carbocycles. The van der Waals surface area contributed by atoms with E-state index in [1.54, 1.807) is 6.42 Å². The van der Waals surface area contributed by atoms with Crippen molar-refractivity contribution in [2.75, 3.05) is 26.4 Å². The zero-order valence-electron chi connectivity index (χ0n) is 28.9. The second-order valence-electron chi connectivity index (χ2n) is 13.5. The van der Waals surface area contributed by atoms with E-state index in [0.29, 0.717) is 26.2 Å². The molecule has 0 saturated heterocycles. The summed E-state index contributed by atoms with van der Waals surface area (Å²) in [5.41, 5.74) is 0. The molecule has 1 radical (unpaired) electrons. The SMILES string of the molecule is CCCCCCCCCCCCCCCCOCC(O)C[CH]C(O)COCCCCCCCCCCCCCC(C)C. The minimum Gasteiger partial charge on any atom is -0.391 e. The Morgan fingerprint density at radius 1 is 0.476 bits per heavy atom. The van der Waals surface area contributed by atoms with Gasteiger partial charge in [0.2, 0.25) is 0 Å². The third-order valence-corrected chi connectivity index (χ3v) is 8.49. The Morgan fingerprint density at radius 3 is 1.24 bits per heavy atom. The molecule has 2 N–H and O–H groups in total. The zero-order chi connectivity index (χ0) is 30.8. The number of aliphatic hydroxyl groups excluding tert-OH is 2. The molecule has 4 nitrogen and oxygen atoms in total. The Morgan fingerprint density at radius 2 is 0.833 bits per heavy atom. The van der Waals surface area contributed by atoms with E-state index in [0.717, 1.165) is 25.4 Å². The van der Waals surface area contributed by atoms with Gasteiger partial charge in [-0.2, -0.15) is 0 Å². The van der Waals surface area contributed by atoms with Crippen LogP contribution in [0.1, 0.15) is 194 Å². The number of rotatable bonds is 36. The maximum atomic E-state index is 10.1. The second kappa shape index (κ2) is 35.3. The van der Waals surface area contributed by atoms with Crippen molar-refractivity contribution in [1.82, 2.24) is 0 Å². The molecule has 0 aliphatic heterocycles. The summed E-state index contributed by atoms with van der Waals surface area (Å²) in [6.45, 7) is 9.03. The van der Waals surface area contributed by atoms with E-state index in [-0.39, 0.29) is 0 Å². The highest BCUT2D eigenvalue weighted by Gasteiger charge is 2.10. The van der Waals surface area contributed by atoms with Crippen LogP contribution in [0.25, 0.3) is 0 Å². The van der Waals surface area contributed by atoms with Crippen molar-refractivity contribution >= 4 is 0 Å². The first-order chi connectivity index (χ1) is 20.6. The maximum Gasteiger partial charge on any atom is 0.0806 e. The molecule has 253 valence electrons. The van der Waals surface area contributed by atoms with Gasteiger partial charge >= 0.3 is 0 Å². The fourth-order valence-corrected chi connectivity index (χ4v) is 5.62. The van der Waals surface area contributed by atoms with Crippen molar-refractivity contribution in [3.8, 4) is 0 Å². The Hall–Kier alpha value is -0.160. The van der Waals surface area contributed by atoms with Gasteiger partial charge in [0.25, 0.3) is 0 Å². The summed E-state index contributed by atoms with van der Waals surface area (Å²) in [6.07, 6.45) is 36.1. The number of hydrogen-bond acceptors (Lipinski definition) is 4. The summed E-state index contributed by atoms with van der Waals surface area (Å²) in [5.74, 6) is 0.858. The molecule has 0 spiro atoms. The highest BCUT2D eigenvalue weighted by Crippen LogP contribution is 2.15. The van der Waals surface area contributed by atoms with E-state index in [1.807, 2.05) is 0 Å². The molecule has 0 aromatic carbocycles. The second-order valence-corrected chi connectivity index (χ2v) is 13.5. The van der Waals surface area contributed by atoms with Gasteiger partial charge in [-0.15, -0.1) is 0 Å². The van der Waals surface area contributed by atoms with Crippen molar-refractivity contribution in [2.24, 2.45) is 5.92 Å². The zero-order valence-corrected chi connectivity index (χ0v) is 28.9. The minimum absolute atomic E-state index is 0.323. The average Bonchev–Trinajstić information content (AvgIpc) is 2.97. The first-order valence-electron chi connectivity index (χ1n) is 18.9. The van der Waals surface area contributed by atoms with Crippen molar-refractivity contribution < 1.29 is 19.7 Å². The molecule has 0 fully saturated rings. The lowest BCUT2D eigenvalue weighted by Gasteiger charge is -2.14. The van der Waals surface area contributed by atoms with Crippen LogP contribution in [0.3, 0.4) is 0 Å². The predicted octanol–water partition coefficient (Wildman–Crippen LogP) is 11.2. The van der Waals surface area contributed by atoms with Gasteiger partial charge in [0, 0.05) is 13.2 Å². The van der Waals surface area contributed by atoms with Crippen LogP contribution in [0.2, 0.25) is 0 Å². The van der Waals surface area contributed by atoms with Crippen molar-refractivity contribution in [2.45, 2.75) is 206 Å². The van der Waals surface area contributed by atoms with Gasteiger partial charge in [-0.3, -0.25) is 0 Å². The first kappa shape index (κ1) is 41.8. The monoisotopic (exact) mass is 598 g/mol. The molecule has 42 heavy (non-hydrogen) atoms. The molecule has 0 aromatic heterocycles. The average molecular weight is 598 g/mol. The highest BCUT2D eigenvalue weighted by molar-refractivity contribution is 4.78. The molecule has 0 aromatic rings. The molecule has 0 amide bonds. The molecule has 0 heterocycles. The molecule has 4 heteroatoms. The van der Waals surface area contributed by atoms with Crippen LogP contribution in [0.4, 0.5) is 0 Å². The standard InChI is InChI=1S/C38H77O4/c1-4-5-6-7-8-9-10-11-12-15-18-21-24-27-32-41-34-37(39)30-31-38(40)35-42-33-28-25-22-19-16-13-14-17-20-23-26-29-36(2)3/h31,36-40H,4-30,32-35H2,1-3H3. The summed E-state index contributed by atoms with van der Waals surface area (Å²) < 4.78 is 11.3. The van der Waals surface area contributed by atoms with Crippen LogP contribution in [-0.4, -0.2) is 48.8 Å². The number of hydrogen-bond donors (Lipinski definition) is 2. The van der Waals surface area contributed by atoms with Gasteiger partial charge in [0.15, 0.2) is 0 Å².